The van der Waals surface area contributed by atoms with Gasteiger partial charge in [-0.25, -0.2) is 0 Å². The van der Waals surface area contributed by atoms with Gasteiger partial charge in [-0.05, 0) is 75.3 Å². The van der Waals surface area contributed by atoms with Crippen LogP contribution in [0.2, 0.25) is 0 Å². The molecule has 1 unspecified atom stereocenters. The maximum atomic E-state index is 13.3. The quantitative estimate of drug-likeness (QED) is 0.738. The molecule has 4 rings (SSSR count). The summed E-state index contributed by atoms with van der Waals surface area (Å²) in [5.41, 5.74) is 3.26. The summed E-state index contributed by atoms with van der Waals surface area (Å²) < 4.78 is 0. The number of benzene rings is 1. The molecule has 1 N–H and O–H groups in total. The number of likely N-dealkylation sites (tertiary alicyclic amines) is 1. The van der Waals surface area contributed by atoms with Crippen molar-refractivity contribution in [3.63, 3.8) is 0 Å². The van der Waals surface area contributed by atoms with E-state index in [1.807, 2.05) is 7.05 Å². The first-order valence-corrected chi connectivity index (χ1v) is 11.9. The lowest BCUT2D eigenvalue weighted by Crippen LogP contribution is -2.59. The number of nitrogens with zero attached hydrogens (tertiary/aromatic N) is 2. The molecule has 5 heteroatoms. The predicted molar refractivity (Wildman–Crippen MR) is 125 cm³/mol. The topological polar surface area (TPSA) is 35.6 Å². The number of hydrogen-bond acceptors (Lipinski definition) is 4. The van der Waals surface area contributed by atoms with Gasteiger partial charge in [0, 0.05) is 11.9 Å². The van der Waals surface area contributed by atoms with E-state index in [0.29, 0.717) is 5.82 Å². The number of amides is 1. The average Bonchev–Trinajstić information content (AvgIpc) is 3.24. The van der Waals surface area contributed by atoms with Crippen LogP contribution in [0.15, 0.2) is 48.1 Å². The van der Waals surface area contributed by atoms with Gasteiger partial charge in [-0.3, -0.25) is 4.79 Å². The molecule has 2 atom stereocenters. The van der Waals surface area contributed by atoms with Gasteiger partial charge in [0.05, 0.1) is 11.5 Å². The maximum absolute atomic E-state index is 13.3. The second kappa shape index (κ2) is 8.56. The maximum Gasteiger partial charge on any atom is 0.233 e. The van der Waals surface area contributed by atoms with Gasteiger partial charge in [-0.1, -0.05) is 42.8 Å². The van der Waals surface area contributed by atoms with Crippen LogP contribution < -0.4 is 5.32 Å². The van der Waals surface area contributed by atoms with E-state index in [1.165, 1.54) is 40.8 Å². The average molecular weight is 424 g/mol. The summed E-state index contributed by atoms with van der Waals surface area (Å²) in [6, 6.07) is 10.8. The fourth-order valence-electron chi connectivity index (χ4n) is 4.81. The van der Waals surface area contributed by atoms with Gasteiger partial charge in [0.2, 0.25) is 5.91 Å². The number of piperidine rings is 1. The molecule has 1 amide bonds. The van der Waals surface area contributed by atoms with Crippen molar-refractivity contribution < 1.29 is 4.79 Å². The summed E-state index contributed by atoms with van der Waals surface area (Å²) in [6.07, 6.45) is 4.74. The summed E-state index contributed by atoms with van der Waals surface area (Å²) in [6.45, 7) is 11.7. The van der Waals surface area contributed by atoms with E-state index >= 15 is 0 Å². The van der Waals surface area contributed by atoms with Crippen molar-refractivity contribution in [3.05, 3.63) is 58.6 Å². The van der Waals surface area contributed by atoms with E-state index in [2.05, 4.69) is 66.4 Å². The van der Waals surface area contributed by atoms with Crippen LogP contribution in [0.1, 0.15) is 43.0 Å². The molecule has 0 bridgehead atoms. The second-order valence-electron chi connectivity index (χ2n) is 8.98. The largest absolute Gasteiger partial charge is 0.361 e. The van der Waals surface area contributed by atoms with Crippen LogP contribution >= 0.6 is 11.3 Å². The van der Waals surface area contributed by atoms with Gasteiger partial charge in [-0.2, -0.15) is 0 Å². The molecule has 4 nitrogen and oxygen atoms in total. The van der Waals surface area contributed by atoms with Gasteiger partial charge >= 0.3 is 0 Å². The van der Waals surface area contributed by atoms with Crippen LogP contribution in [-0.4, -0.2) is 42.4 Å². The minimum absolute atomic E-state index is 0.112. The Balaban J connectivity index is 1.62. The van der Waals surface area contributed by atoms with Gasteiger partial charge in [0.25, 0.3) is 0 Å². The lowest BCUT2D eigenvalue weighted by molar-refractivity contribution is -0.139. The molecule has 1 aromatic carbocycles. The first-order valence-electron chi connectivity index (χ1n) is 11.0. The van der Waals surface area contributed by atoms with Crippen LogP contribution in [0.4, 0.5) is 0 Å². The highest BCUT2D eigenvalue weighted by Crippen LogP contribution is 2.42. The Hall–Kier alpha value is -2.11. The Labute approximate surface area is 184 Å². The Morgan fingerprint density at radius 1 is 1.20 bits per heavy atom. The standard InChI is InChI=1S/C25H33N3OS/c1-18-9-8-10-20(15-18)21-16-23(30-17-21)25(3)22(24(29)27(4)19(2)26-25)11-14-28-12-6-5-7-13-28/h8-10,15-17,22,26H,2,5-7,11-14H2,1,3-4H3/t22?,25-/m0/s1. The Morgan fingerprint density at radius 2 is 1.97 bits per heavy atom. The van der Waals surface area contributed by atoms with Crippen LogP contribution in [0.3, 0.4) is 0 Å². The van der Waals surface area contributed by atoms with Gasteiger partial charge < -0.3 is 15.1 Å². The molecule has 30 heavy (non-hydrogen) atoms. The van der Waals surface area contributed by atoms with E-state index < -0.39 is 5.54 Å². The zero-order chi connectivity index (χ0) is 21.3. The van der Waals surface area contributed by atoms with E-state index in [4.69, 9.17) is 0 Å². The number of rotatable bonds is 5. The zero-order valence-electron chi connectivity index (χ0n) is 18.4. The van der Waals surface area contributed by atoms with Crippen molar-refractivity contribution in [2.45, 2.75) is 45.1 Å². The highest BCUT2D eigenvalue weighted by molar-refractivity contribution is 7.10. The predicted octanol–water partition coefficient (Wildman–Crippen LogP) is 4.96. The van der Waals surface area contributed by atoms with Crippen molar-refractivity contribution in [1.29, 1.82) is 0 Å². The van der Waals surface area contributed by atoms with E-state index in [0.717, 1.165) is 26.1 Å². The van der Waals surface area contributed by atoms with Crippen LogP contribution in [-0.2, 0) is 10.3 Å². The molecular formula is C25H33N3OS. The highest BCUT2D eigenvalue weighted by Gasteiger charge is 2.47. The third kappa shape index (κ3) is 4.06. The number of thiophene rings is 1. The minimum atomic E-state index is -0.441. The normalized spacial score (nSPS) is 25.4. The fourth-order valence-corrected chi connectivity index (χ4v) is 5.90. The second-order valence-corrected chi connectivity index (χ2v) is 9.90. The molecule has 2 aromatic rings. The molecule has 1 aromatic heterocycles. The van der Waals surface area contributed by atoms with Crippen molar-refractivity contribution in [2.75, 3.05) is 26.7 Å². The molecule has 0 spiro atoms. The molecule has 3 heterocycles. The number of carbonyl (C=O) groups is 1. The zero-order valence-corrected chi connectivity index (χ0v) is 19.2. The summed E-state index contributed by atoms with van der Waals surface area (Å²) >= 11 is 1.74. The molecule has 0 radical (unpaired) electrons. The minimum Gasteiger partial charge on any atom is -0.361 e. The van der Waals surface area contributed by atoms with Crippen LogP contribution in [0, 0.1) is 12.8 Å². The molecule has 2 fully saturated rings. The van der Waals surface area contributed by atoms with Crippen molar-refractivity contribution in [1.82, 2.24) is 15.1 Å². The SMILES string of the molecule is C=C1N[C@](C)(c2cc(-c3cccc(C)c3)cs2)C(CCN2CCCCC2)C(=O)N1C. The fraction of sp³-hybridized carbons (Fsp3) is 0.480. The monoisotopic (exact) mass is 423 g/mol. The van der Waals surface area contributed by atoms with Crippen molar-refractivity contribution in [3.8, 4) is 11.1 Å². The van der Waals surface area contributed by atoms with Gasteiger partial charge in [0.15, 0.2) is 0 Å². The first-order chi connectivity index (χ1) is 14.4. The molecule has 2 saturated heterocycles. The molecule has 2 aliphatic rings. The lowest BCUT2D eigenvalue weighted by atomic mass is 9.78. The summed E-state index contributed by atoms with van der Waals surface area (Å²) in [7, 11) is 1.83. The van der Waals surface area contributed by atoms with Crippen LogP contribution in [0.5, 0.6) is 0 Å². The third-order valence-corrected chi connectivity index (χ3v) is 7.95. The number of nitrogens with one attached hydrogen (secondary N) is 1. The molecule has 2 aliphatic heterocycles. The number of aryl methyl sites for hydroxylation is 1. The van der Waals surface area contributed by atoms with E-state index in [9.17, 15) is 4.79 Å². The number of hydrogen-bond donors (Lipinski definition) is 1. The molecule has 0 saturated carbocycles. The lowest BCUT2D eigenvalue weighted by Gasteiger charge is -2.46. The Kier molecular flexibility index (Phi) is 6.03. The summed E-state index contributed by atoms with van der Waals surface area (Å²) in [4.78, 5) is 18.7. The highest BCUT2D eigenvalue weighted by atomic mass is 32.1. The number of carbonyl (C=O) groups excluding carboxylic acids is 1. The first kappa shape index (κ1) is 21.1. The smallest absolute Gasteiger partial charge is 0.233 e. The molecule has 160 valence electrons. The van der Waals surface area contributed by atoms with E-state index in [-0.39, 0.29) is 11.8 Å². The van der Waals surface area contributed by atoms with Crippen molar-refractivity contribution >= 4 is 17.2 Å². The molecular weight excluding hydrogens is 390 g/mol. The molecule has 0 aliphatic carbocycles. The van der Waals surface area contributed by atoms with E-state index in [1.54, 1.807) is 16.2 Å². The van der Waals surface area contributed by atoms with Gasteiger partial charge in [-0.15, -0.1) is 11.3 Å². The summed E-state index contributed by atoms with van der Waals surface area (Å²) in [5.74, 6) is 0.741. The van der Waals surface area contributed by atoms with Gasteiger partial charge in [0.1, 0.15) is 5.82 Å². The Bertz CT molecular complexity index is 930. The summed E-state index contributed by atoms with van der Waals surface area (Å²) in [5, 5.41) is 5.82. The Morgan fingerprint density at radius 3 is 2.70 bits per heavy atom. The third-order valence-electron chi connectivity index (χ3n) is 6.78. The van der Waals surface area contributed by atoms with Crippen LogP contribution in [0.25, 0.3) is 11.1 Å². The van der Waals surface area contributed by atoms with Crippen molar-refractivity contribution in [2.24, 2.45) is 5.92 Å².